The average molecular weight is 455 g/mol. The summed E-state index contributed by atoms with van der Waals surface area (Å²) in [5.74, 6) is 38.0. The monoisotopic (exact) mass is 454 g/mol. The van der Waals surface area contributed by atoms with Crippen molar-refractivity contribution in [1.82, 2.24) is 0 Å². The average Bonchev–Trinajstić information content (AvgIpc) is 2.79. The van der Waals surface area contributed by atoms with E-state index in [1.807, 2.05) is 20.8 Å². The van der Waals surface area contributed by atoms with Crippen LogP contribution in [-0.2, 0) is 0 Å². The fourth-order valence-electron chi connectivity index (χ4n) is 4.26. The van der Waals surface area contributed by atoms with Gasteiger partial charge in [-0.25, -0.2) is 0 Å². The molecule has 0 aliphatic heterocycles. The summed E-state index contributed by atoms with van der Waals surface area (Å²) in [5.41, 5.74) is -0.363. The van der Waals surface area contributed by atoms with Crippen molar-refractivity contribution in [3.05, 3.63) is 0 Å². The Kier molecular flexibility index (Phi) is 17.3. The Morgan fingerprint density at radius 1 is 0.588 bits per heavy atom. The second kappa shape index (κ2) is 18.7. The summed E-state index contributed by atoms with van der Waals surface area (Å²) < 4.78 is 0. The first-order valence-corrected chi connectivity index (χ1v) is 13.1. The van der Waals surface area contributed by atoms with E-state index in [4.69, 9.17) is 0 Å². The molecule has 0 heteroatoms. The third-order valence-corrected chi connectivity index (χ3v) is 6.44. The molecule has 34 heavy (non-hydrogen) atoms. The van der Waals surface area contributed by atoms with Crippen LogP contribution in [0.25, 0.3) is 0 Å². The van der Waals surface area contributed by atoms with E-state index in [0.29, 0.717) is 5.92 Å². The van der Waals surface area contributed by atoms with Crippen LogP contribution in [0, 0.1) is 93.7 Å². The molecule has 182 valence electrons. The molecule has 0 aromatic carbocycles. The summed E-state index contributed by atoms with van der Waals surface area (Å²) in [6.07, 6.45) is 11.6. The van der Waals surface area contributed by atoms with E-state index in [0.717, 1.165) is 38.0 Å². The molecule has 0 saturated carbocycles. The highest BCUT2D eigenvalue weighted by Gasteiger charge is 2.34. The van der Waals surface area contributed by atoms with Gasteiger partial charge in [-0.15, -0.1) is 0 Å². The SMILES string of the molecule is CC#CC#CC(C)(C#CC#CC)CCCC(C)C(C#CC#CC)(CCCCC)CCCC(C)C. The van der Waals surface area contributed by atoms with Gasteiger partial charge >= 0.3 is 0 Å². The van der Waals surface area contributed by atoms with Crippen molar-refractivity contribution in [1.29, 1.82) is 0 Å². The Labute approximate surface area is 213 Å². The molecule has 0 fully saturated rings. The Bertz CT molecular complexity index is 915. The van der Waals surface area contributed by atoms with Gasteiger partial charge in [0.15, 0.2) is 0 Å². The number of hydrogen-bond acceptors (Lipinski definition) is 0. The second-order valence-corrected chi connectivity index (χ2v) is 9.90. The highest BCUT2D eigenvalue weighted by atomic mass is 14.4. The predicted molar refractivity (Wildman–Crippen MR) is 150 cm³/mol. The molecule has 0 spiro atoms. The van der Waals surface area contributed by atoms with Crippen LogP contribution in [0.3, 0.4) is 0 Å². The van der Waals surface area contributed by atoms with Crippen molar-refractivity contribution >= 4 is 0 Å². The van der Waals surface area contributed by atoms with Crippen LogP contribution in [0.2, 0.25) is 0 Å². The Balaban J connectivity index is 5.74. The molecule has 2 atom stereocenters. The largest absolute Gasteiger partial charge is 0.0925 e. The highest BCUT2D eigenvalue weighted by Crippen LogP contribution is 2.42. The van der Waals surface area contributed by atoms with E-state index < -0.39 is 5.41 Å². The van der Waals surface area contributed by atoms with Crippen LogP contribution in [0.5, 0.6) is 0 Å². The molecule has 0 aliphatic rings. The van der Waals surface area contributed by atoms with Crippen LogP contribution in [0.15, 0.2) is 0 Å². The van der Waals surface area contributed by atoms with Gasteiger partial charge in [0.05, 0.1) is 5.41 Å². The van der Waals surface area contributed by atoms with Crippen molar-refractivity contribution in [2.45, 2.75) is 120 Å². The lowest BCUT2D eigenvalue weighted by Gasteiger charge is -2.36. The molecule has 0 bridgehead atoms. The van der Waals surface area contributed by atoms with Crippen LogP contribution in [0.1, 0.15) is 120 Å². The van der Waals surface area contributed by atoms with E-state index in [-0.39, 0.29) is 5.41 Å². The summed E-state index contributed by atoms with van der Waals surface area (Å²) in [5, 5.41) is 0. The predicted octanol–water partition coefficient (Wildman–Crippen LogP) is 8.27. The molecule has 0 N–H and O–H groups in total. The maximum atomic E-state index is 3.68. The third kappa shape index (κ3) is 13.8. The van der Waals surface area contributed by atoms with Gasteiger partial charge in [-0.2, -0.15) is 0 Å². The minimum absolute atomic E-state index is 0.0308. The van der Waals surface area contributed by atoms with E-state index in [1.54, 1.807) is 0 Å². The molecule has 0 aliphatic carbocycles. The van der Waals surface area contributed by atoms with Gasteiger partial charge in [0.25, 0.3) is 0 Å². The zero-order chi connectivity index (χ0) is 25.7. The fourth-order valence-corrected chi connectivity index (χ4v) is 4.26. The lowest BCUT2D eigenvalue weighted by atomic mass is 9.67. The van der Waals surface area contributed by atoms with Gasteiger partial charge in [0.2, 0.25) is 0 Å². The van der Waals surface area contributed by atoms with E-state index in [2.05, 4.69) is 106 Å². The molecular formula is C34H46. The molecular weight excluding hydrogens is 408 g/mol. The molecule has 0 aromatic heterocycles. The van der Waals surface area contributed by atoms with Crippen molar-refractivity contribution in [2.75, 3.05) is 0 Å². The molecule has 0 amide bonds. The highest BCUT2D eigenvalue weighted by molar-refractivity contribution is 5.37. The van der Waals surface area contributed by atoms with Crippen LogP contribution < -0.4 is 0 Å². The molecule has 2 unspecified atom stereocenters. The minimum Gasteiger partial charge on any atom is -0.0925 e. The lowest BCUT2D eigenvalue weighted by molar-refractivity contribution is 0.189. The van der Waals surface area contributed by atoms with Gasteiger partial charge in [0.1, 0.15) is 0 Å². The van der Waals surface area contributed by atoms with Crippen molar-refractivity contribution in [2.24, 2.45) is 22.7 Å². The molecule has 0 nitrogen and oxygen atoms in total. The molecule has 0 rings (SSSR count). The van der Waals surface area contributed by atoms with Gasteiger partial charge < -0.3 is 0 Å². The van der Waals surface area contributed by atoms with Crippen molar-refractivity contribution in [3.63, 3.8) is 0 Å². The summed E-state index contributed by atoms with van der Waals surface area (Å²) in [6, 6.07) is 0. The Morgan fingerprint density at radius 2 is 1.09 bits per heavy atom. The van der Waals surface area contributed by atoms with Crippen LogP contribution in [-0.4, -0.2) is 0 Å². The zero-order valence-electron chi connectivity index (χ0n) is 23.2. The standard InChI is InChI=1S/C34H46/c1-9-13-17-25-33(8,26-18-14-10-2)27-22-24-32(7)34(28-19-15-11-3,29-20-16-12-4)30-21-23-31(5)6/h31-32H,11,15,19,21-24,27-28,30H2,1-8H3. The topological polar surface area (TPSA) is 0 Å². The molecule has 0 heterocycles. The van der Waals surface area contributed by atoms with Crippen molar-refractivity contribution in [3.8, 4) is 71.0 Å². The van der Waals surface area contributed by atoms with E-state index >= 15 is 0 Å². The van der Waals surface area contributed by atoms with Gasteiger partial charge in [0, 0.05) is 5.41 Å². The molecule has 0 saturated heterocycles. The second-order valence-electron chi connectivity index (χ2n) is 9.90. The third-order valence-electron chi connectivity index (χ3n) is 6.44. The number of unbranched alkanes of at least 4 members (excludes halogenated alkanes) is 2. The first-order chi connectivity index (χ1) is 16.3. The zero-order valence-corrected chi connectivity index (χ0v) is 23.2. The normalized spacial score (nSPS) is 12.3. The number of hydrogen-bond donors (Lipinski definition) is 0. The lowest BCUT2D eigenvalue weighted by Crippen LogP contribution is -2.28. The Hall–Kier alpha value is -2.64. The quantitative estimate of drug-likeness (QED) is 0.194. The summed E-state index contributed by atoms with van der Waals surface area (Å²) in [6.45, 7) is 16.9. The van der Waals surface area contributed by atoms with E-state index in [1.165, 1.54) is 32.1 Å². The van der Waals surface area contributed by atoms with Crippen molar-refractivity contribution < 1.29 is 0 Å². The summed E-state index contributed by atoms with van der Waals surface area (Å²) in [7, 11) is 0. The summed E-state index contributed by atoms with van der Waals surface area (Å²) >= 11 is 0. The van der Waals surface area contributed by atoms with Gasteiger partial charge in [-0.3, -0.25) is 0 Å². The van der Waals surface area contributed by atoms with Crippen LogP contribution in [0.4, 0.5) is 0 Å². The summed E-state index contributed by atoms with van der Waals surface area (Å²) in [4.78, 5) is 0. The molecule has 0 radical (unpaired) electrons. The van der Waals surface area contributed by atoms with Gasteiger partial charge in [-0.1, -0.05) is 102 Å². The maximum Gasteiger partial charge on any atom is 0.0911 e. The molecule has 0 aromatic rings. The smallest absolute Gasteiger partial charge is 0.0911 e. The number of rotatable bonds is 13. The fraction of sp³-hybridized carbons (Fsp3) is 0.647. The first-order valence-electron chi connectivity index (χ1n) is 13.1. The van der Waals surface area contributed by atoms with Crippen LogP contribution >= 0.6 is 0 Å². The minimum atomic E-state index is -0.394. The first kappa shape index (κ1) is 31.4. The Morgan fingerprint density at radius 3 is 1.59 bits per heavy atom. The van der Waals surface area contributed by atoms with E-state index in [9.17, 15) is 0 Å². The van der Waals surface area contributed by atoms with Gasteiger partial charge in [-0.05, 0) is 101 Å². The maximum absolute atomic E-state index is 3.68.